The van der Waals surface area contributed by atoms with Crippen molar-refractivity contribution in [2.75, 3.05) is 18.8 Å². The van der Waals surface area contributed by atoms with Crippen molar-refractivity contribution in [1.82, 2.24) is 4.90 Å². The van der Waals surface area contributed by atoms with E-state index in [1.54, 1.807) is 0 Å². The minimum atomic E-state index is -0.309. The minimum Gasteiger partial charge on any atom is -0.340 e. The zero-order chi connectivity index (χ0) is 11.5. The van der Waals surface area contributed by atoms with Gasteiger partial charge in [-0.2, -0.15) is 11.8 Å². The molecule has 15 heavy (non-hydrogen) atoms. The highest BCUT2D eigenvalue weighted by Gasteiger charge is 2.27. The lowest BCUT2D eigenvalue weighted by Crippen LogP contribution is -2.44. The van der Waals surface area contributed by atoms with E-state index in [4.69, 9.17) is 5.73 Å². The van der Waals surface area contributed by atoms with Crippen LogP contribution in [0.2, 0.25) is 0 Å². The van der Waals surface area contributed by atoms with Gasteiger partial charge in [-0.3, -0.25) is 4.79 Å². The van der Waals surface area contributed by atoms with Crippen LogP contribution in [0.3, 0.4) is 0 Å². The van der Waals surface area contributed by atoms with Gasteiger partial charge >= 0.3 is 0 Å². The lowest BCUT2D eigenvalue weighted by molar-refractivity contribution is -0.132. The zero-order valence-corrected chi connectivity index (χ0v) is 10.8. The molecule has 1 rings (SSSR count). The molecular weight excluding hydrogens is 208 g/mol. The standard InChI is InChI=1S/C11H22N2OS/c1-4-9(12)10(14)13-6-5-11(2,3)15-8-7-13/h9H,4-8,12H2,1-3H3/t9-/m0/s1. The van der Waals surface area contributed by atoms with Crippen LogP contribution >= 0.6 is 11.8 Å². The Morgan fingerprint density at radius 2 is 2.20 bits per heavy atom. The van der Waals surface area contributed by atoms with Crippen LogP contribution in [0.5, 0.6) is 0 Å². The van der Waals surface area contributed by atoms with Crippen LogP contribution in [0, 0.1) is 0 Å². The van der Waals surface area contributed by atoms with Gasteiger partial charge in [0, 0.05) is 23.6 Å². The SMILES string of the molecule is CC[C@H](N)C(=O)N1CCSC(C)(C)CC1. The van der Waals surface area contributed by atoms with Crippen molar-refractivity contribution < 1.29 is 4.79 Å². The Morgan fingerprint density at radius 3 is 2.80 bits per heavy atom. The summed E-state index contributed by atoms with van der Waals surface area (Å²) in [5.41, 5.74) is 5.77. The molecule has 3 nitrogen and oxygen atoms in total. The third-order valence-electron chi connectivity index (χ3n) is 2.91. The summed E-state index contributed by atoms with van der Waals surface area (Å²) < 4.78 is 0.297. The second kappa shape index (κ2) is 5.21. The Hall–Kier alpha value is -0.220. The van der Waals surface area contributed by atoms with Gasteiger partial charge in [-0.25, -0.2) is 0 Å². The van der Waals surface area contributed by atoms with Crippen molar-refractivity contribution in [1.29, 1.82) is 0 Å². The maximum Gasteiger partial charge on any atom is 0.239 e. The quantitative estimate of drug-likeness (QED) is 0.781. The van der Waals surface area contributed by atoms with Crippen molar-refractivity contribution in [2.45, 2.75) is 44.4 Å². The molecule has 0 bridgehead atoms. The fourth-order valence-electron chi connectivity index (χ4n) is 1.65. The van der Waals surface area contributed by atoms with Gasteiger partial charge in [0.1, 0.15) is 0 Å². The third-order valence-corrected chi connectivity index (χ3v) is 4.28. The molecule has 0 aromatic heterocycles. The molecule has 1 atom stereocenters. The van der Waals surface area contributed by atoms with E-state index in [-0.39, 0.29) is 11.9 Å². The van der Waals surface area contributed by atoms with Crippen molar-refractivity contribution in [3.8, 4) is 0 Å². The number of rotatable bonds is 2. The van der Waals surface area contributed by atoms with Crippen LogP contribution in [0.1, 0.15) is 33.6 Å². The van der Waals surface area contributed by atoms with Gasteiger partial charge in [0.05, 0.1) is 6.04 Å². The number of carbonyl (C=O) groups excluding carboxylic acids is 1. The Kier molecular flexibility index (Phi) is 4.46. The molecule has 1 fully saturated rings. The monoisotopic (exact) mass is 230 g/mol. The summed E-state index contributed by atoms with van der Waals surface area (Å²) in [4.78, 5) is 13.8. The first-order chi connectivity index (χ1) is 6.96. The van der Waals surface area contributed by atoms with E-state index in [1.165, 1.54) is 0 Å². The summed E-state index contributed by atoms with van der Waals surface area (Å²) in [6.07, 6.45) is 1.78. The molecule has 0 aromatic carbocycles. The normalized spacial score (nSPS) is 23.3. The number of nitrogens with zero attached hydrogens (tertiary/aromatic N) is 1. The molecule has 88 valence electrons. The molecule has 0 saturated carbocycles. The Labute approximate surface area is 96.8 Å². The van der Waals surface area contributed by atoms with Gasteiger partial charge in [-0.15, -0.1) is 0 Å². The molecule has 2 N–H and O–H groups in total. The van der Waals surface area contributed by atoms with Crippen molar-refractivity contribution >= 4 is 17.7 Å². The highest BCUT2D eigenvalue weighted by atomic mass is 32.2. The molecule has 4 heteroatoms. The fourth-order valence-corrected chi connectivity index (χ4v) is 2.75. The van der Waals surface area contributed by atoms with Crippen LogP contribution in [0.4, 0.5) is 0 Å². The van der Waals surface area contributed by atoms with E-state index in [2.05, 4.69) is 13.8 Å². The second-order valence-electron chi connectivity index (χ2n) is 4.70. The third kappa shape index (κ3) is 3.68. The molecule has 0 spiro atoms. The van der Waals surface area contributed by atoms with Crippen LogP contribution in [0.15, 0.2) is 0 Å². The van der Waals surface area contributed by atoms with Crippen LogP contribution in [-0.2, 0) is 4.79 Å². The first kappa shape index (κ1) is 12.8. The topological polar surface area (TPSA) is 46.3 Å². The summed E-state index contributed by atoms with van der Waals surface area (Å²) in [7, 11) is 0. The number of carbonyl (C=O) groups is 1. The molecule has 0 unspecified atom stereocenters. The maximum atomic E-state index is 11.9. The summed E-state index contributed by atoms with van der Waals surface area (Å²) in [6.45, 7) is 8.14. The first-order valence-electron chi connectivity index (χ1n) is 5.64. The first-order valence-corrected chi connectivity index (χ1v) is 6.63. The highest BCUT2D eigenvalue weighted by Crippen LogP contribution is 2.30. The van der Waals surface area contributed by atoms with Crippen molar-refractivity contribution in [3.05, 3.63) is 0 Å². The highest BCUT2D eigenvalue weighted by molar-refractivity contribution is 8.00. The van der Waals surface area contributed by atoms with Crippen LogP contribution < -0.4 is 5.73 Å². The summed E-state index contributed by atoms with van der Waals surface area (Å²) in [5, 5.41) is 0. The molecule has 1 heterocycles. The van der Waals surface area contributed by atoms with E-state index >= 15 is 0 Å². The van der Waals surface area contributed by atoms with E-state index < -0.39 is 0 Å². The second-order valence-corrected chi connectivity index (χ2v) is 6.50. The number of hydrogen-bond donors (Lipinski definition) is 1. The van der Waals surface area contributed by atoms with Crippen LogP contribution in [-0.4, -0.2) is 40.4 Å². The van der Waals surface area contributed by atoms with Gasteiger partial charge < -0.3 is 10.6 Å². The van der Waals surface area contributed by atoms with Gasteiger partial charge in [0.15, 0.2) is 0 Å². The predicted molar refractivity (Wildman–Crippen MR) is 66.0 cm³/mol. The molecular formula is C11H22N2OS. The van der Waals surface area contributed by atoms with E-state index in [9.17, 15) is 4.79 Å². The Morgan fingerprint density at radius 1 is 1.53 bits per heavy atom. The Bertz CT molecular complexity index is 231. The van der Waals surface area contributed by atoms with Crippen molar-refractivity contribution in [3.63, 3.8) is 0 Å². The molecule has 0 aromatic rings. The van der Waals surface area contributed by atoms with Gasteiger partial charge in [-0.05, 0) is 12.8 Å². The molecule has 0 radical (unpaired) electrons. The van der Waals surface area contributed by atoms with E-state index in [0.717, 1.165) is 31.7 Å². The maximum absolute atomic E-state index is 11.9. The average Bonchev–Trinajstić information content (AvgIpc) is 2.37. The molecule has 1 aliphatic rings. The van der Waals surface area contributed by atoms with Gasteiger partial charge in [0.2, 0.25) is 5.91 Å². The largest absolute Gasteiger partial charge is 0.340 e. The minimum absolute atomic E-state index is 0.121. The van der Waals surface area contributed by atoms with Crippen LogP contribution in [0.25, 0.3) is 0 Å². The lowest BCUT2D eigenvalue weighted by Gasteiger charge is -2.24. The summed E-state index contributed by atoms with van der Waals surface area (Å²) >= 11 is 1.95. The van der Waals surface area contributed by atoms with Crippen molar-refractivity contribution in [2.24, 2.45) is 5.73 Å². The van der Waals surface area contributed by atoms with E-state index in [0.29, 0.717) is 4.75 Å². The average molecular weight is 230 g/mol. The number of nitrogens with two attached hydrogens (primary N) is 1. The van der Waals surface area contributed by atoms with E-state index in [1.807, 2.05) is 23.6 Å². The molecule has 1 saturated heterocycles. The summed E-state index contributed by atoms with van der Waals surface area (Å²) in [6, 6.07) is -0.309. The zero-order valence-electron chi connectivity index (χ0n) is 9.95. The predicted octanol–water partition coefficient (Wildman–Crippen LogP) is 1.47. The molecule has 0 aliphatic carbocycles. The van der Waals surface area contributed by atoms with Gasteiger partial charge in [-0.1, -0.05) is 20.8 Å². The number of thioether (sulfide) groups is 1. The smallest absolute Gasteiger partial charge is 0.239 e. The number of hydrogen-bond acceptors (Lipinski definition) is 3. The Balaban J connectivity index is 2.54. The lowest BCUT2D eigenvalue weighted by atomic mass is 10.1. The van der Waals surface area contributed by atoms with Gasteiger partial charge in [0.25, 0.3) is 0 Å². The molecule has 1 amide bonds. The molecule has 1 aliphatic heterocycles. The fraction of sp³-hybridized carbons (Fsp3) is 0.909. The summed E-state index contributed by atoms with van der Waals surface area (Å²) in [5.74, 6) is 1.14. The number of amides is 1.